The molecule has 2 N–H and O–H groups in total. The molecule has 138 valence electrons. The molecule has 0 aliphatic heterocycles. The van der Waals surface area contributed by atoms with Gasteiger partial charge in [0.15, 0.2) is 5.96 Å². The van der Waals surface area contributed by atoms with E-state index >= 15 is 0 Å². The maximum Gasteiger partial charge on any atom is 0.191 e. The van der Waals surface area contributed by atoms with Crippen molar-refractivity contribution in [1.82, 2.24) is 20.4 Å². The van der Waals surface area contributed by atoms with Crippen LogP contribution in [-0.4, -0.2) is 48.6 Å². The molecule has 0 spiro atoms. The molecule has 0 saturated heterocycles. The average Bonchev–Trinajstić information content (AvgIpc) is 2.76. The quantitative estimate of drug-likeness (QED) is 0.390. The van der Waals surface area contributed by atoms with E-state index < -0.39 is 0 Å². The largest absolute Gasteiger partial charge is 0.381 e. The van der Waals surface area contributed by atoms with Crippen LogP contribution in [0.1, 0.15) is 44.1 Å². The van der Waals surface area contributed by atoms with Crippen LogP contribution >= 0.6 is 0 Å². The molecular formula is C18H35N5O. The summed E-state index contributed by atoms with van der Waals surface area (Å²) in [7, 11) is 1.99. The Kier molecular flexibility index (Phi) is 9.45. The smallest absolute Gasteiger partial charge is 0.191 e. The Hall–Kier alpha value is -1.56. The highest BCUT2D eigenvalue weighted by atomic mass is 16.5. The topological polar surface area (TPSA) is 63.5 Å². The van der Waals surface area contributed by atoms with Crippen LogP contribution in [-0.2, 0) is 18.2 Å². The fourth-order valence-corrected chi connectivity index (χ4v) is 2.50. The fraction of sp³-hybridized carbons (Fsp3) is 0.778. The van der Waals surface area contributed by atoms with Gasteiger partial charge < -0.3 is 15.4 Å². The van der Waals surface area contributed by atoms with Gasteiger partial charge in [0.2, 0.25) is 0 Å². The van der Waals surface area contributed by atoms with Gasteiger partial charge in [0.05, 0.1) is 5.69 Å². The predicted octanol–water partition coefficient (Wildman–Crippen LogP) is 2.20. The van der Waals surface area contributed by atoms with E-state index in [9.17, 15) is 0 Å². The van der Waals surface area contributed by atoms with Crippen LogP contribution in [0.2, 0.25) is 0 Å². The van der Waals surface area contributed by atoms with Crippen molar-refractivity contribution in [1.29, 1.82) is 0 Å². The number of nitrogens with one attached hydrogen (secondary N) is 2. The van der Waals surface area contributed by atoms with Gasteiger partial charge in [-0.1, -0.05) is 13.8 Å². The number of aromatic nitrogens is 2. The summed E-state index contributed by atoms with van der Waals surface area (Å²) in [6, 6.07) is 0. The molecule has 1 rings (SSSR count). The maximum atomic E-state index is 5.59. The molecule has 0 amide bonds. The maximum absolute atomic E-state index is 5.59. The molecule has 6 nitrogen and oxygen atoms in total. The second-order valence-electron chi connectivity index (χ2n) is 6.53. The molecule has 0 aliphatic rings. The second kappa shape index (κ2) is 11.1. The van der Waals surface area contributed by atoms with Gasteiger partial charge in [0.25, 0.3) is 0 Å². The molecular weight excluding hydrogens is 302 g/mol. The Morgan fingerprint density at radius 1 is 1.29 bits per heavy atom. The summed E-state index contributed by atoms with van der Waals surface area (Å²) in [5.41, 5.74) is 3.67. The fourth-order valence-electron chi connectivity index (χ4n) is 2.50. The average molecular weight is 338 g/mol. The second-order valence-corrected chi connectivity index (χ2v) is 6.53. The first-order valence-electron chi connectivity index (χ1n) is 9.04. The zero-order valence-electron chi connectivity index (χ0n) is 16.3. The van der Waals surface area contributed by atoms with Gasteiger partial charge in [-0.05, 0) is 45.1 Å². The van der Waals surface area contributed by atoms with Crippen molar-refractivity contribution >= 4 is 5.96 Å². The number of aliphatic imine (C=N–C) groups is 1. The Labute approximate surface area is 147 Å². The summed E-state index contributed by atoms with van der Waals surface area (Å²) in [6.45, 7) is 14.7. The molecule has 1 aromatic rings. The Bertz CT molecular complexity index is 508. The van der Waals surface area contributed by atoms with Crippen molar-refractivity contribution in [2.45, 2.75) is 47.5 Å². The molecule has 0 aliphatic carbocycles. The zero-order chi connectivity index (χ0) is 17.9. The minimum Gasteiger partial charge on any atom is -0.381 e. The summed E-state index contributed by atoms with van der Waals surface area (Å²) in [5.74, 6) is 1.47. The molecule has 0 unspecified atom stereocenters. The minimum absolute atomic E-state index is 0.590. The highest BCUT2D eigenvalue weighted by Gasteiger charge is 2.08. The number of ether oxygens (including phenoxy) is 1. The van der Waals surface area contributed by atoms with E-state index in [-0.39, 0.29) is 0 Å². The summed E-state index contributed by atoms with van der Waals surface area (Å²) in [4.78, 5) is 4.60. The summed E-state index contributed by atoms with van der Waals surface area (Å²) in [6.07, 6.45) is 1.90. The Morgan fingerprint density at radius 3 is 2.62 bits per heavy atom. The van der Waals surface area contributed by atoms with E-state index in [2.05, 4.69) is 55.3 Å². The number of hydrogen-bond donors (Lipinski definition) is 2. The molecule has 0 saturated carbocycles. The van der Waals surface area contributed by atoms with Gasteiger partial charge in [-0.3, -0.25) is 9.67 Å². The summed E-state index contributed by atoms with van der Waals surface area (Å²) >= 11 is 0. The van der Waals surface area contributed by atoms with Crippen LogP contribution in [0.15, 0.2) is 4.99 Å². The molecule has 1 aromatic heterocycles. The van der Waals surface area contributed by atoms with Crippen LogP contribution in [0.4, 0.5) is 0 Å². The number of rotatable bonds is 10. The van der Waals surface area contributed by atoms with E-state index in [1.165, 1.54) is 11.3 Å². The van der Waals surface area contributed by atoms with Crippen molar-refractivity contribution in [2.75, 3.05) is 32.8 Å². The SMILES string of the molecule is CCNC(=NCCCOCC(C)C)NCCc1c(C)nn(C)c1C. The van der Waals surface area contributed by atoms with Gasteiger partial charge in [-0.25, -0.2) is 0 Å². The van der Waals surface area contributed by atoms with Crippen molar-refractivity contribution in [2.24, 2.45) is 18.0 Å². The van der Waals surface area contributed by atoms with Crippen molar-refractivity contribution in [3.05, 3.63) is 17.0 Å². The Morgan fingerprint density at radius 2 is 2.04 bits per heavy atom. The minimum atomic E-state index is 0.590. The van der Waals surface area contributed by atoms with Crippen molar-refractivity contribution < 1.29 is 4.74 Å². The first kappa shape index (κ1) is 20.5. The highest BCUT2D eigenvalue weighted by Crippen LogP contribution is 2.11. The van der Waals surface area contributed by atoms with Gasteiger partial charge in [-0.15, -0.1) is 0 Å². The van der Waals surface area contributed by atoms with Gasteiger partial charge in [0.1, 0.15) is 0 Å². The van der Waals surface area contributed by atoms with Gasteiger partial charge in [-0.2, -0.15) is 5.10 Å². The molecule has 24 heavy (non-hydrogen) atoms. The zero-order valence-corrected chi connectivity index (χ0v) is 16.3. The van der Waals surface area contributed by atoms with Gasteiger partial charge in [0, 0.05) is 45.6 Å². The lowest BCUT2D eigenvalue weighted by Gasteiger charge is -2.11. The van der Waals surface area contributed by atoms with Crippen molar-refractivity contribution in [3.63, 3.8) is 0 Å². The molecule has 0 aromatic carbocycles. The Balaban J connectivity index is 2.35. The lowest BCUT2D eigenvalue weighted by Crippen LogP contribution is -2.38. The van der Waals surface area contributed by atoms with E-state index in [1.807, 2.05) is 11.7 Å². The van der Waals surface area contributed by atoms with Crippen LogP contribution < -0.4 is 10.6 Å². The third-order valence-corrected chi connectivity index (χ3v) is 3.84. The van der Waals surface area contributed by atoms with E-state index in [0.29, 0.717) is 5.92 Å². The number of aryl methyl sites for hydroxylation is 2. The van der Waals surface area contributed by atoms with E-state index in [0.717, 1.165) is 57.3 Å². The lowest BCUT2D eigenvalue weighted by molar-refractivity contribution is 0.109. The molecule has 6 heteroatoms. The molecule has 0 atom stereocenters. The van der Waals surface area contributed by atoms with E-state index in [1.54, 1.807) is 0 Å². The molecule has 0 radical (unpaired) electrons. The standard InChI is InChI=1S/C18H35N5O/c1-7-19-18(20-10-8-12-24-13-14(2)3)21-11-9-17-15(4)22-23(6)16(17)5/h14H,7-13H2,1-6H3,(H2,19,20,21). The number of nitrogens with zero attached hydrogens (tertiary/aromatic N) is 3. The number of hydrogen-bond acceptors (Lipinski definition) is 3. The van der Waals surface area contributed by atoms with Crippen LogP contribution in [0, 0.1) is 19.8 Å². The first-order valence-corrected chi connectivity index (χ1v) is 9.04. The predicted molar refractivity (Wildman–Crippen MR) is 101 cm³/mol. The van der Waals surface area contributed by atoms with Crippen LogP contribution in [0.5, 0.6) is 0 Å². The van der Waals surface area contributed by atoms with Gasteiger partial charge >= 0.3 is 0 Å². The monoisotopic (exact) mass is 337 g/mol. The summed E-state index contributed by atoms with van der Waals surface area (Å²) in [5, 5.41) is 11.2. The normalized spacial score (nSPS) is 12.0. The summed E-state index contributed by atoms with van der Waals surface area (Å²) < 4.78 is 7.53. The first-order chi connectivity index (χ1) is 11.5. The molecule has 1 heterocycles. The van der Waals surface area contributed by atoms with E-state index in [4.69, 9.17) is 4.74 Å². The van der Waals surface area contributed by atoms with Crippen molar-refractivity contribution in [3.8, 4) is 0 Å². The third-order valence-electron chi connectivity index (χ3n) is 3.84. The highest BCUT2D eigenvalue weighted by molar-refractivity contribution is 5.79. The molecule has 0 bridgehead atoms. The lowest BCUT2D eigenvalue weighted by atomic mass is 10.1. The van der Waals surface area contributed by atoms with Crippen LogP contribution in [0.3, 0.4) is 0 Å². The van der Waals surface area contributed by atoms with Crippen LogP contribution in [0.25, 0.3) is 0 Å². The third kappa shape index (κ3) is 7.34. The molecule has 0 fully saturated rings. The number of guanidine groups is 1.